The van der Waals surface area contributed by atoms with Gasteiger partial charge < -0.3 is 29.6 Å². The molecule has 0 aliphatic rings. The molecule has 2 N–H and O–H groups in total. The smallest absolute Gasteiger partial charge is 0.234 e. The van der Waals surface area contributed by atoms with E-state index in [-0.39, 0.29) is 18.5 Å². The molecule has 0 aromatic heterocycles. The van der Waals surface area contributed by atoms with Gasteiger partial charge in [-0.3, -0.25) is 4.79 Å². The van der Waals surface area contributed by atoms with E-state index >= 15 is 0 Å². The molecule has 0 spiro atoms. The van der Waals surface area contributed by atoms with Crippen molar-refractivity contribution in [2.75, 3.05) is 48.1 Å². The van der Waals surface area contributed by atoms with Crippen molar-refractivity contribution in [3.8, 4) is 17.2 Å². The zero-order valence-electron chi connectivity index (χ0n) is 14.4. The van der Waals surface area contributed by atoms with Crippen molar-refractivity contribution in [3.05, 3.63) is 17.7 Å². The first-order chi connectivity index (χ1) is 11.1. The predicted molar refractivity (Wildman–Crippen MR) is 87.4 cm³/mol. The molecule has 0 saturated carbocycles. The second-order valence-electron chi connectivity index (χ2n) is 4.92. The van der Waals surface area contributed by atoms with E-state index in [2.05, 4.69) is 10.6 Å². The van der Waals surface area contributed by atoms with Crippen LogP contribution in [-0.4, -0.2) is 54.0 Å². The van der Waals surface area contributed by atoms with Crippen molar-refractivity contribution in [2.45, 2.75) is 13.0 Å². The maximum Gasteiger partial charge on any atom is 0.234 e. The van der Waals surface area contributed by atoms with Gasteiger partial charge in [0.2, 0.25) is 11.7 Å². The minimum absolute atomic E-state index is 0.0950. The van der Waals surface area contributed by atoms with Crippen LogP contribution in [0, 0.1) is 0 Å². The number of methoxy groups -OCH3 is 4. The van der Waals surface area contributed by atoms with Crippen LogP contribution in [0.4, 0.5) is 0 Å². The molecule has 130 valence electrons. The van der Waals surface area contributed by atoms with Crippen molar-refractivity contribution < 1.29 is 23.7 Å². The van der Waals surface area contributed by atoms with Crippen LogP contribution in [0.1, 0.15) is 18.5 Å². The Bertz CT molecular complexity index is 482. The fourth-order valence-electron chi connectivity index (χ4n) is 2.10. The Hall–Kier alpha value is -1.99. The fraction of sp³-hybridized carbons (Fsp3) is 0.562. The molecule has 0 saturated heterocycles. The molecule has 1 unspecified atom stereocenters. The number of ether oxygens (including phenoxy) is 4. The van der Waals surface area contributed by atoms with E-state index in [0.717, 1.165) is 5.56 Å². The number of nitrogens with one attached hydrogen (secondary N) is 2. The number of rotatable bonds is 10. The summed E-state index contributed by atoms with van der Waals surface area (Å²) in [5, 5.41) is 5.92. The highest BCUT2D eigenvalue weighted by Gasteiger charge is 2.17. The van der Waals surface area contributed by atoms with E-state index in [1.807, 2.05) is 19.1 Å². The van der Waals surface area contributed by atoms with E-state index < -0.39 is 0 Å². The Kier molecular flexibility index (Phi) is 8.21. The molecule has 1 aromatic carbocycles. The van der Waals surface area contributed by atoms with E-state index in [0.29, 0.717) is 30.4 Å². The Morgan fingerprint density at radius 3 is 2.17 bits per heavy atom. The molecule has 0 aliphatic heterocycles. The Labute approximate surface area is 137 Å². The van der Waals surface area contributed by atoms with Crippen LogP contribution in [0.3, 0.4) is 0 Å². The minimum Gasteiger partial charge on any atom is -0.493 e. The number of carbonyl (C=O) groups excluding carboxylic acids is 1. The average Bonchev–Trinajstić information content (AvgIpc) is 2.57. The molecule has 7 nitrogen and oxygen atoms in total. The van der Waals surface area contributed by atoms with Gasteiger partial charge in [0.1, 0.15) is 0 Å². The van der Waals surface area contributed by atoms with Gasteiger partial charge >= 0.3 is 0 Å². The number of carbonyl (C=O) groups is 1. The van der Waals surface area contributed by atoms with E-state index in [9.17, 15) is 4.79 Å². The third-order valence-electron chi connectivity index (χ3n) is 3.33. The van der Waals surface area contributed by atoms with Crippen LogP contribution >= 0.6 is 0 Å². The van der Waals surface area contributed by atoms with Crippen LogP contribution in [0.2, 0.25) is 0 Å². The first-order valence-electron chi connectivity index (χ1n) is 7.36. The summed E-state index contributed by atoms with van der Waals surface area (Å²) in [5.74, 6) is 1.54. The highest BCUT2D eigenvalue weighted by Crippen LogP contribution is 2.39. The summed E-state index contributed by atoms with van der Waals surface area (Å²) in [7, 11) is 6.29. The van der Waals surface area contributed by atoms with Crippen molar-refractivity contribution in [1.29, 1.82) is 0 Å². The molecule has 0 radical (unpaired) electrons. The van der Waals surface area contributed by atoms with Gasteiger partial charge in [0.05, 0.1) is 40.5 Å². The van der Waals surface area contributed by atoms with Gasteiger partial charge in [-0.05, 0) is 24.6 Å². The lowest BCUT2D eigenvalue weighted by molar-refractivity contribution is -0.120. The fourth-order valence-corrected chi connectivity index (χ4v) is 2.10. The Balaban J connectivity index is 2.75. The number of benzene rings is 1. The summed E-state index contributed by atoms with van der Waals surface area (Å²) in [6.45, 7) is 3.32. The van der Waals surface area contributed by atoms with Gasteiger partial charge in [0, 0.05) is 13.7 Å². The van der Waals surface area contributed by atoms with Crippen molar-refractivity contribution >= 4 is 5.91 Å². The summed E-state index contributed by atoms with van der Waals surface area (Å²) in [5.41, 5.74) is 0.866. The summed E-state index contributed by atoms with van der Waals surface area (Å²) in [6, 6.07) is 3.45. The van der Waals surface area contributed by atoms with Crippen molar-refractivity contribution in [3.63, 3.8) is 0 Å². The molecule has 1 atom stereocenters. The van der Waals surface area contributed by atoms with Crippen LogP contribution < -0.4 is 24.8 Å². The molecule has 7 heteroatoms. The lowest BCUT2D eigenvalue weighted by atomic mass is 10.1. The van der Waals surface area contributed by atoms with Gasteiger partial charge in [-0.2, -0.15) is 0 Å². The third-order valence-corrected chi connectivity index (χ3v) is 3.33. The normalized spacial score (nSPS) is 11.7. The number of amides is 1. The van der Waals surface area contributed by atoms with E-state index in [1.54, 1.807) is 28.4 Å². The maximum absolute atomic E-state index is 11.9. The molecular formula is C16H26N2O5. The lowest BCUT2D eigenvalue weighted by Crippen LogP contribution is -2.36. The van der Waals surface area contributed by atoms with Crippen LogP contribution in [0.5, 0.6) is 17.2 Å². The highest BCUT2D eigenvalue weighted by molar-refractivity contribution is 5.78. The number of hydrogen-bond donors (Lipinski definition) is 2. The minimum atomic E-state index is -0.194. The predicted octanol–water partition coefficient (Wildman–Crippen LogP) is 1.13. The lowest BCUT2D eigenvalue weighted by Gasteiger charge is -2.19. The summed E-state index contributed by atoms with van der Waals surface area (Å²) >= 11 is 0. The SMILES string of the molecule is COCCNCC(=O)NC(C)c1cc(OC)c(OC)c(OC)c1. The largest absolute Gasteiger partial charge is 0.493 e. The molecule has 0 bridgehead atoms. The second-order valence-corrected chi connectivity index (χ2v) is 4.92. The van der Waals surface area contributed by atoms with Gasteiger partial charge in [0.15, 0.2) is 11.5 Å². The summed E-state index contributed by atoms with van der Waals surface area (Å²) in [4.78, 5) is 11.9. The summed E-state index contributed by atoms with van der Waals surface area (Å²) < 4.78 is 20.8. The van der Waals surface area contributed by atoms with Gasteiger partial charge in [-0.1, -0.05) is 0 Å². The Morgan fingerprint density at radius 2 is 1.70 bits per heavy atom. The molecular weight excluding hydrogens is 300 g/mol. The second kappa shape index (κ2) is 9.91. The van der Waals surface area contributed by atoms with Crippen molar-refractivity contribution in [1.82, 2.24) is 10.6 Å². The topological polar surface area (TPSA) is 78.1 Å². The van der Waals surface area contributed by atoms with Crippen LogP contribution in [0.15, 0.2) is 12.1 Å². The highest BCUT2D eigenvalue weighted by atomic mass is 16.5. The molecule has 0 heterocycles. The van der Waals surface area contributed by atoms with Gasteiger partial charge in [-0.15, -0.1) is 0 Å². The zero-order chi connectivity index (χ0) is 17.2. The standard InChI is InChI=1S/C16H26N2O5/c1-11(18-15(19)10-17-6-7-20-2)12-8-13(21-3)16(23-5)14(9-12)22-4/h8-9,11,17H,6-7,10H2,1-5H3,(H,18,19). The van der Waals surface area contributed by atoms with Crippen molar-refractivity contribution in [2.24, 2.45) is 0 Å². The van der Waals surface area contributed by atoms with Crippen LogP contribution in [-0.2, 0) is 9.53 Å². The third kappa shape index (κ3) is 5.61. The first kappa shape index (κ1) is 19.1. The van der Waals surface area contributed by atoms with Gasteiger partial charge in [-0.25, -0.2) is 0 Å². The van der Waals surface area contributed by atoms with Gasteiger partial charge in [0.25, 0.3) is 0 Å². The molecule has 0 fully saturated rings. The zero-order valence-corrected chi connectivity index (χ0v) is 14.4. The van der Waals surface area contributed by atoms with E-state index in [4.69, 9.17) is 18.9 Å². The molecule has 23 heavy (non-hydrogen) atoms. The molecule has 0 aliphatic carbocycles. The molecule has 1 amide bonds. The van der Waals surface area contributed by atoms with E-state index in [1.165, 1.54) is 0 Å². The Morgan fingerprint density at radius 1 is 1.09 bits per heavy atom. The molecule has 1 aromatic rings. The quantitative estimate of drug-likeness (QED) is 0.628. The summed E-state index contributed by atoms with van der Waals surface area (Å²) in [6.07, 6.45) is 0. The molecule has 1 rings (SSSR count). The van der Waals surface area contributed by atoms with Crippen LogP contribution in [0.25, 0.3) is 0 Å². The monoisotopic (exact) mass is 326 g/mol. The number of hydrogen-bond acceptors (Lipinski definition) is 6. The first-order valence-corrected chi connectivity index (χ1v) is 7.36. The maximum atomic E-state index is 11.9. The average molecular weight is 326 g/mol.